The van der Waals surface area contributed by atoms with Gasteiger partial charge >= 0.3 is 0 Å². The van der Waals surface area contributed by atoms with Gasteiger partial charge in [0.25, 0.3) is 0 Å². The Morgan fingerprint density at radius 1 is 1.31 bits per heavy atom. The molecule has 1 aliphatic heterocycles. The van der Waals surface area contributed by atoms with Gasteiger partial charge in [0, 0.05) is 16.7 Å². The van der Waals surface area contributed by atoms with Crippen molar-refractivity contribution in [1.82, 2.24) is 4.98 Å². The summed E-state index contributed by atoms with van der Waals surface area (Å²) in [6.07, 6.45) is 0. The highest BCUT2D eigenvalue weighted by Gasteiger charge is 2.32. The summed E-state index contributed by atoms with van der Waals surface area (Å²) in [4.78, 5) is 7.98. The van der Waals surface area contributed by atoms with E-state index in [1.807, 2.05) is 6.92 Å². The van der Waals surface area contributed by atoms with E-state index in [1.54, 1.807) is 6.07 Å². The SMILES string of the molecule is CC1=Nc2nc(F)ccc2C1(C)C. The van der Waals surface area contributed by atoms with Crippen LogP contribution >= 0.6 is 0 Å². The van der Waals surface area contributed by atoms with Crippen LogP contribution in [-0.4, -0.2) is 10.7 Å². The van der Waals surface area contributed by atoms with E-state index in [1.165, 1.54) is 6.07 Å². The second-order valence-corrected chi connectivity index (χ2v) is 3.83. The van der Waals surface area contributed by atoms with Crippen LogP contribution in [0.4, 0.5) is 10.2 Å². The fraction of sp³-hybridized carbons (Fsp3) is 0.400. The van der Waals surface area contributed by atoms with E-state index >= 15 is 0 Å². The van der Waals surface area contributed by atoms with Gasteiger partial charge in [-0.3, -0.25) is 0 Å². The van der Waals surface area contributed by atoms with Gasteiger partial charge in [-0.15, -0.1) is 0 Å². The number of hydrogen-bond acceptors (Lipinski definition) is 2. The molecule has 0 aromatic carbocycles. The van der Waals surface area contributed by atoms with Crippen LogP contribution in [0.1, 0.15) is 26.3 Å². The van der Waals surface area contributed by atoms with E-state index in [9.17, 15) is 4.39 Å². The molecule has 0 fully saturated rings. The highest BCUT2D eigenvalue weighted by molar-refractivity contribution is 5.98. The Hall–Kier alpha value is -1.25. The topological polar surface area (TPSA) is 25.2 Å². The van der Waals surface area contributed by atoms with Crippen LogP contribution in [0.25, 0.3) is 0 Å². The molecular formula is C10H11FN2. The van der Waals surface area contributed by atoms with Crippen molar-refractivity contribution in [1.29, 1.82) is 0 Å². The van der Waals surface area contributed by atoms with Crippen LogP contribution < -0.4 is 0 Å². The van der Waals surface area contributed by atoms with Crippen molar-refractivity contribution in [3.05, 3.63) is 23.6 Å². The van der Waals surface area contributed by atoms with E-state index in [0.29, 0.717) is 5.82 Å². The largest absolute Gasteiger partial charge is 0.237 e. The lowest BCUT2D eigenvalue weighted by molar-refractivity contribution is 0.582. The molecule has 68 valence electrons. The van der Waals surface area contributed by atoms with Gasteiger partial charge in [-0.1, -0.05) is 13.8 Å². The van der Waals surface area contributed by atoms with Crippen LogP contribution in [0.3, 0.4) is 0 Å². The van der Waals surface area contributed by atoms with Crippen molar-refractivity contribution in [2.45, 2.75) is 26.2 Å². The third kappa shape index (κ3) is 1.07. The van der Waals surface area contributed by atoms with E-state index in [4.69, 9.17) is 0 Å². The Morgan fingerprint density at radius 3 is 2.69 bits per heavy atom. The molecule has 0 aliphatic carbocycles. The van der Waals surface area contributed by atoms with E-state index in [2.05, 4.69) is 23.8 Å². The lowest BCUT2D eigenvalue weighted by Crippen LogP contribution is -2.22. The van der Waals surface area contributed by atoms with Crippen molar-refractivity contribution in [2.24, 2.45) is 4.99 Å². The summed E-state index contributed by atoms with van der Waals surface area (Å²) in [6, 6.07) is 3.15. The van der Waals surface area contributed by atoms with Crippen LogP contribution in [0.15, 0.2) is 17.1 Å². The van der Waals surface area contributed by atoms with Gasteiger partial charge in [0.2, 0.25) is 5.95 Å². The minimum Gasteiger partial charge on any atom is -0.237 e. The van der Waals surface area contributed by atoms with Gasteiger partial charge < -0.3 is 0 Å². The number of pyridine rings is 1. The number of hydrogen-bond donors (Lipinski definition) is 0. The number of halogens is 1. The molecule has 0 bridgehead atoms. The molecule has 0 atom stereocenters. The minimum absolute atomic E-state index is 0.101. The first-order valence-corrected chi connectivity index (χ1v) is 4.24. The molecular weight excluding hydrogens is 167 g/mol. The van der Waals surface area contributed by atoms with Crippen molar-refractivity contribution >= 4 is 11.5 Å². The number of aliphatic imine (C=N–C) groups is 1. The summed E-state index contributed by atoms with van der Waals surface area (Å²) in [6.45, 7) is 6.08. The first kappa shape index (κ1) is 8.35. The standard InChI is InChI=1S/C10H11FN2/c1-6-10(2,3)7-4-5-8(11)13-9(7)12-6/h4-5H,1-3H3. The summed E-state index contributed by atoms with van der Waals surface area (Å²) < 4.78 is 12.8. The number of aromatic nitrogens is 1. The average molecular weight is 178 g/mol. The summed E-state index contributed by atoms with van der Waals surface area (Å²) in [7, 11) is 0. The lowest BCUT2D eigenvalue weighted by Gasteiger charge is -2.18. The molecule has 0 radical (unpaired) electrons. The van der Waals surface area contributed by atoms with Crippen LogP contribution in [0.2, 0.25) is 0 Å². The molecule has 0 saturated carbocycles. The summed E-state index contributed by atoms with van der Waals surface area (Å²) in [5.41, 5.74) is 1.89. The normalized spacial score (nSPS) is 18.3. The van der Waals surface area contributed by atoms with Crippen molar-refractivity contribution in [2.75, 3.05) is 0 Å². The molecule has 0 unspecified atom stereocenters. The first-order valence-electron chi connectivity index (χ1n) is 4.24. The Labute approximate surface area is 76.5 Å². The van der Waals surface area contributed by atoms with E-state index in [0.717, 1.165) is 11.3 Å². The maximum absolute atomic E-state index is 12.8. The average Bonchev–Trinajstić information content (AvgIpc) is 2.23. The predicted molar refractivity (Wildman–Crippen MR) is 50.0 cm³/mol. The van der Waals surface area contributed by atoms with E-state index in [-0.39, 0.29) is 5.41 Å². The number of rotatable bonds is 0. The zero-order chi connectivity index (χ0) is 9.64. The van der Waals surface area contributed by atoms with Gasteiger partial charge in [0.15, 0.2) is 5.82 Å². The molecule has 13 heavy (non-hydrogen) atoms. The fourth-order valence-corrected chi connectivity index (χ4v) is 1.49. The molecule has 1 aromatic heterocycles. The van der Waals surface area contributed by atoms with Crippen LogP contribution in [-0.2, 0) is 5.41 Å². The lowest BCUT2D eigenvalue weighted by atomic mass is 9.83. The van der Waals surface area contributed by atoms with Gasteiger partial charge in [-0.05, 0) is 19.1 Å². The molecule has 1 aromatic rings. The fourth-order valence-electron chi connectivity index (χ4n) is 1.49. The molecule has 0 spiro atoms. The second kappa shape index (κ2) is 2.37. The van der Waals surface area contributed by atoms with Crippen molar-refractivity contribution in [3.63, 3.8) is 0 Å². The Morgan fingerprint density at radius 2 is 2.00 bits per heavy atom. The highest BCUT2D eigenvalue weighted by Crippen LogP contribution is 2.38. The molecule has 0 amide bonds. The highest BCUT2D eigenvalue weighted by atomic mass is 19.1. The smallest absolute Gasteiger partial charge is 0.214 e. The number of nitrogens with zero attached hydrogens (tertiary/aromatic N) is 2. The molecule has 0 N–H and O–H groups in total. The monoisotopic (exact) mass is 178 g/mol. The summed E-state index contributed by atoms with van der Waals surface area (Å²) in [5.74, 6) is 0.0653. The van der Waals surface area contributed by atoms with Crippen molar-refractivity contribution < 1.29 is 4.39 Å². The quantitative estimate of drug-likeness (QED) is 0.560. The maximum Gasteiger partial charge on any atom is 0.214 e. The van der Waals surface area contributed by atoms with Gasteiger partial charge in [-0.2, -0.15) is 9.37 Å². The van der Waals surface area contributed by atoms with Gasteiger partial charge in [0.05, 0.1) is 0 Å². The third-order valence-electron chi connectivity index (χ3n) is 2.69. The molecule has 2 rings (SSSR count). The summed E-state index contributed by atoms with van der Waals surface area (Å²) >= 11 is 0. The van der Waals surface area contributed by atoms with Crippen LogP contribution in [0, 0.1) is 5.95 Å². The zero-order valence-electron chi connectivity index (χ0n) is 7.93. The predicted octanol–water partition coefficient (Wildman–Crippen LogP) is 2.60. The van der Waals surface area contributed by atoms with Crippen molar-refractivity contribution in [3.8, 4) is 0 Å². The van der Waals surface area contributed by atoms with Crippen LogP contribution in [0.5, 0.6) is 0 Å². The first-order chi connectivity index (χ1) is 6.01. The minimum atomic E-state index is -0.465. The van der Waals surface area contributed by atoms with E-state index < -0.39 is 5.95 Å². The van der Waals surface area contributed by atoms with Gasteiger partial charge in [0.1, 0.15) is 0 Å². The Kier molecular flexibility index (Phi) is 1.53. The molecule has 1 aliphatic rings. The Bertz CT molecular complexity index is 394. The second-order valence-electron chi connectivity index (χ2n) is 3.83. The molecule has 3 heteroatoms. The molecule has 0 saturated heterocycles. The Balaban J connectivity index is 2.65. The summed E-state index contributed by atoms with van der Waals surface area (Å²) in [5, 5.41) is 0. The van der Waals surface area contributed by atoms with Gasteiger partial charge in [-0.25, -0.2) is 4.99 Å². The molecule has 2 nitrogen and oxygen atoms in total. The zero-order valence-corrected chi connectivity index (χ0v) is 7.93. The number of fused-ring (bicyclic) bond motifs is 1. The maximum atomic E-state index is 12.8. The molecule has 2 heterocycles. The third-order valence-corrected chi connectivity index (χ3v) is 2.69.